The maximum Gasteiger partial charge on any atom is 0.296 e. The van der Waals surface area contributed by atoms with E-state index in [0.717, 1.165) is 11.1 Å². The van der Waals surface area contributed by atoms with Crippen LogP contribution in [0, 0.1) is 6.92 Å². The van der Waals surface area contributed by atoms with Crippen molar-refractivity contribution in [1.82, 2.24) is 9.88 Å². The maximum absolute atomic E-state index is 13.1. The molecule has 1 aliphatic rings. The predicted molar refractivity (Wildman–Crippen MR) is 121 cm³/mol. The normalized spacial score (nSPS) is 18.4. The summed E-state index contributed by atoms with van der Waals surface area (Å²) >= 11 is 0. The number of hydrogen-bond donors (Lipinski definition) is 1. The van der Waals surface area contributed by atoms with Crippen LogP contribution in [-0.2, 0) is 21.5 Å². The molecule has 6 nitrogen and oxygen atoms in total. The monoisotopic (exact) mass is 430 g/mol. The first-order chi connectivity index (χ1) is 15.2. The number of pyridine rings is 1. The number of aryl methyl sites for hydroxylation is 1. The van der Waals surface area contributed by atoms with Crippen LogP contribution in [0.5, 0.6) is 0 Å². The summed E-state index contributed by atoms with van der Waals surface area (Å²) in [6.07, 6.45) is 3.12. The van der Waals surface area contributed by atoms with Crippen LogP contribution in [0.15, 0.2) is 71.0 Å². The third-order valence-corrected chi connectivity index (χ3v) is 5.77. The van der Waals surface area contributed by atoms with Gasteiger partial charge in [-0.15, -0.1) is 0 Å². The Morgan fingerprint density at radius 1 is 1.12 bits per heavy atom. The van der Waals surface area contributed by atoms with Gasteiger partial charge < -0.3 is 14.4 Å². The van der Waals surface area contributed by atoms with E-state index in [4.69, 9.17) is 4.42 Å². The van der Waals surface area contributed by atoms with Gasteiger partial charge in [-0.25, -0.2) is 0 Å². The molecule has 32 heavy (non-hydrogen) atoms. The second kappa shape index (κ2) is 8.11. The lowest BCUT2D eigenvalue weighted by molar-refractivity contribution is -0.140. The second-order valence-electron chi connectivity index (χ2n) is 9.04. The number of carbonyl (C=O) groups excluding carboxylic acids is 2. The number of hydrogen-bond acceptors (Lipinski definition) is 5. The quantitative estimate of drug-likeness (QED) is 0.361. The number of benzene rings is 1. The van der Waals surface area contributed by atoms with Gasteiger partial charge in [0.15, 0.2) is 0 Å². The summed E-state index contributed by atoms with van der Waals surface area (Å²) in [4.78, 5) is 31.9. The number of rotatable bonds is 4. The Kier molecular flexibility index (Phi) is 5.46. The van der Waals surface area contributed by atoms with E-state index in [1.165, 1.54) is 11.2 Å². The Morgan fingerprint density at radius 2 is 1.91 bits per heavy atom. The van der Waals surface area contributed by atoms with Crippen molar-refractivity contribution in [2.75, 3.05) is 0 Å². The summed E-state index contributed by atoms with van der Waals surface area (Å²) in [6, 6.07) is 13.8. The minimum atomic E-state index is -0.843. The van der Waals surface area contributed by atoms with Crippen LogP contribution in [-0.4, -0.2) is 26.7 Å². The lowest BCUT2D eigenvalue weighted by atomic mass is 9.84. The number of carbonyl (C=O) groups is 2. The number of ketones is 1. The number of aliphatic hydroxyl groups is 1. The Balaban J connectivity index is 1.87. The summed E-state index contributed by atoms with van der Waals surface area (Å²) in [6.45, 7) is 8.23. The van der Waals surface area contributed by atoms with Crippen molar-refractivity contribution < 1.29 is 19.1 Å². The van der Waals surface area contributed by atoms with Gasteiger partial charge in [0.05, 0.1) is 24.1 Å². The average Bonchev–Trinajstić information content (AvgIpc) is 3.36. The lowest BCUT2D eigenvalue weighted by Crippen LogP contribution is -2.29. The summed E-state index contributed by atoms with van der Waals surface area (Å²) < 4.78 is 5.59. The van der Waals surface area contributed by atoms with Gasteiger partial charge in [0.2, 0.25) is 0 Å². The minimum absolute atomic E-state index is 0.0232. The van der Waals surface area contributed by atoms with E-state index in [2.05, 4.69) is 25.8 Å². The van der Waals surface area contributed by atoms with E-state index in [0.29, 0.717) is 17.0 Å². The smallest absolute Gasteiger partial charge is 0.296 e. The predicted octanol–water partition coefficient (Wildman–Crippen LogP) is 4.90. The zero-order valence-corrected chi connectivity index (χ0v) is 18.6. The third-order valence-electron chi connectivity index (χ3n) is 5.77. The van der Waals surface area contributed by atoms with E-state index in [9.17, 15) is 14.7 Å². The highest BCUT2D eigenvalue weighted by Crippen LogP contribution is 2.41. The van der Waals surface area contributed by atoms with Crippen molar-refractivity contribution in [2.24, 2.45) is 0 Å². The number of Topliss-reactive ketones (excluding diaryl/α,β-unsaturated/α-hetero) is 1. The van der Waals surface area contributed by atoms with Crippen LogP contribution in [0.3, 0.4) is 0 Å². The molecule has 0 radical (unpaired) electrons. The number of amides is 1. The molecule has 4 rings (SSSR count). The van der Waals surface area contributed by atoms with Gasteiger partial charge in [-0.05, 0) is 53.8 Å². The van der Waals surface area contributed by atoms with Crippen molar-refractivity contribution in [3.63, 3.8) is 0 Å². The van der Waals surface area contributed by atoms with Gasteiger partial charge in [0, 0.05) is 11.8 Å². The van der Waals surface area contributed by atoms with E-state index in [-0.39, 0.29) is 23.3 Å². The Morgan fingerprint density at radius 3 is 2.53 bits per heavy atom. The molecule has 1 fully saturated rings. The fourth-order valence-corrected chi connectivity index (χ4v) is 3.94. The molecular formula is C26H26N2O4. The topological polar surface area (TPSA) is 83.6 Å². The highest BCUT2D eigenvalue weighted by Gasteiger charge is 2.47. The highest BCUT2D eigenvalue weighted by atomic mass is 16.3. The van der Waals surface area contributed by atoms with Crippen LogP contribution in [0.4, 0.5) is 0 Å². The number of furan rings is 1. The van der Waals surface area contributed by atoms with Gasteiger partial charge in [0.25, 0.3) is 11.7 Å². The first kappa shape index (κ1) is 21.6. The number of nitrogens with zero attached hydrogens (tertiary/aromatic N) is 2. The zero-order chi connectivity index (χ0) is 23.0. The first-order valence-corrected chi connectivity index (χ1v) is 10.5. The Bertz CT molecular complexity index is 1190. The molecule has 1 saturated heterocycles. The van der Waals surface area contributed by atoms with Crippen molar-refractivity contribution in [3.05, 3.63) is 94.7 Å². The Hall–Kier alpha value is -3.67. The molecule has 1 N–H and O–H groups in total. The van der Waals surface area contributed by atoms with Gasteiger partial charge in [-0.3, -0.25) is 14.6 Å². The molecule has 2 aromatic heterocycles. The van der Waals surface area contributed by atoms with E-state index in [1.54, 1.807) is 30.5 Å². The molecule has 3 aromatic rings. The van der Waals surface area contributed by atoms with Crippen molar-refractivity contribution in [1.29, 1.82) is 0 Å². The highest BCUT2D eigenvalue weighted by molar-refractivity contribution is 6.46. The number of likely N-dealkylation sites (tertiary alicyclic amines) is 1. The van der Waals surface area contributed by atoms with Gasteiger partial charge in [-0.2, -0.15) is 0 Å². The molecule has 1 atom stereocenters. The fourth-order valence-electron chi connectivity index (χ4n) is 3.94. The van der Waals surface area contributed by atoms with Crippen LogP contribution >= 0.6 is 0 Å². The second-order valence-corrected chi connectivity index (χ2v) is 9.04. The molecule has 0 aliphatic carbocycles. The van der Waals surface area contributed by atoms with Gasteiger partial charge in [0.1, 0.15) is 17.6 Å². The molecule has 1 unspecified atom stereocenters. The summed E-state index contributed by atoms with van der Waals surface area (Å²) in [5, 5.41) is 11.4. The fraction of sp³-hybridized carbons (Fsp3) is 0.269. The van der Waals surface area contributed by atoms with Crippen molar-refractivity contribution in [2.45, 2.75) is 45.7 Å². The molecule has 1 amide bonds. The molecule has 6 heteroatoms. The maximum atomic E-state index is 13.1. The standard InChI is InChI=1S/C26H26N2O4/c1-16-10-11-17(26(2,3)4)14-19(16)23(29)21-22(20-9-7-13-32-20)28(25(31)24(21)30)15-18-8-5-6-12-27-18/h5-14,22,29H,15H2,1-4H3/b23-21+. The van der Waals surface area contributed by atoms with E-state index in [1.807, 2.05) is 31.2 Å². The summed E-state index contributed by atoms with van der Waals surface area (Å²) in [5.74, 6) is -1.22. The van der Waals surface area contributed by atoms with Crippen LogP contribution < -0.4 is 0 Å². The summed E-state index contributed by atoms with van der Waals surface area (Å²) in [7, 11) is 0. The van der Waals surface area contributed by atoms with Gasteiger partial charge in [-0.1, -0.05) is 39.0 Å². The summed E-state index contributed by atoms with van der Waals surface area (Å²) in [5.41, 5.74) is 2.87. The zero-order valence-electron chi connectivity index (χ0n) is 18.6. The van der Waals surface area contributed by atoms with E-state index >= 15 is 0 Å². The van der Waals surface area contributed by atoms with Crippen molar-refractivity contribution in [3.8, 4) is 0 Å². The third kappa shape index (κ3) is 3.84. The van der Waals surface area contributed by atoms with Gasteiger partial charge >= 0.3 is 0 Å². The molecular weight excluding hydrogens is 404 g/mol. The molecule has 3 heterocycles. The first-order valence-electron chi connectivity index (χ1n) is 10.5. The largest absolute Gasteiger partial charge is 0.507 e. The Labute approximate surface area is 187 Å². The lowest BCUT2D eigenvalue weighted by Gasteiger charge is -2.24. The van der Waals surface area contributed by atoms with Crippen LogP contribution in [0.2, 0.25) is 0 Å². The minimum Gasteiger partial charge on any atom is -0.507 e. The van der Waals surface area contributed by atoms with E-state index < -0.39 is 17.7 Å². The molecule has 164 valence electrons. The SMILES string of the molecule is Cc1ccc(C(C)(C)C)cc1/C(O)=C1\C(=O)C(=O)N(Cc2ccccn2)C1c1ccco1. The molecule has 0 bridgehead atoms. The number of aromatic nitrogens is 1. The molecule has 1 aliphatic heterocycles. The van der Waals surface area contributed by atoms with Crippen molar-refractivity contribution >= 4 is 17.4 Å². The average molecular weight is 431 g/mol. The molecule has 0 saturated carbocycles. The molecule has 1 aromatic carbocycles. The van der Waals surface area contributed by atoms with Crippen LogP contribution in [0.25, 0.3) is 5.76 Å². The number of aliphatic hydroxyl groups excluding tert-OH is 1. The van der Waals surface area contributed by atoms with Crippen LogP contribution in [0.1, 0.15) is 55.0 Å². The molecule has 0 spiro atoms.